The van der Waals surface area contributed by atoms with Crippen LogP contribution in [0, 0.1) is 13.8 Å². The summed E-state index contributed by atoms with van der Waals surface area (Å²) in [6.45, 7) is 4.76. The summed E-state index contributed by atoms with van der Waals surface area (Å²) in [5.74, 6) is 0.577. The molecule has 5 heteroatoms. The van der Waals surface area contributed by atoms with E-state index in [1.54, 1.807) is 36.3 Å². The molecule has 0 saturated heterocycles. The topological polar surface area (TPSA) is 62.4 Å². The van der Waals surface area contributed by atoms with Crippen molar-refractivity contribution in [2.24, 2.45) is 0 Å². The van der Waals surface area contributed by atoms with Crippen LogP contribution in [0.3, 0.4) is 0 Å². The molecule has 5 nitrogen and oxygen atoms in total. The number of pyridine rings is 1. The zero-order valence-corrected chi connectivity index (χ0v) is 19.2. The Hall–Kier alpha value is -3.86. The van der Waals surface area contributed by atoms with Gasteiger partial charge < -0.3 is 14.6 Å². The number of carbonyl (C=O) groups is 1. The van der Waals surface area contributed by atoms with Crippen molar-refractivity contribution in [1.82, 2.24) is 9.88 Å². The third kappa shape index (κ3) is 5.14. The van der Waals surface area contributed by atoms with E-state index in [1.807, 2.05) is 37.3 Å². The summed E-state index contributed by atoms with van der Waals surface area (Å²) in [4.78, 5) is 31.1. The predicted octanol–water partition coefficient (Wildman–Crippen LogP) is 5.04. The number of fused-ring (bicyclic) bond motifs is 1. The van der Waals surface area contributed by atoms with Crippen LogP contribution < -0.4 is 10.3 Å². The van der Waals surface area contributed by atoms with Gasteiger partial charge in [0.15, 0.2) is 0 Å². The lowest BCUT2D eigenvalue weighted by atomic mass is 10.1. The number of aryl methyl sites for hydroxylation is 2. The molecular weight excluding hydrogens is 412 g/mol. The molecule has 0 radical (unpaired) electrons. The molecule has 0 fully saturated rings. The Morgan fingerprint density at radius 3 is 2.45 bits per heavy atom. The first-order valence-corrected chi connectivity index (χ1v) is 11.0. The van der Waals surface area contributed by atoms with Gasteiger partial charge in [0.1, 0.15) is 5.75 Å². The average molecular weight is 441 g/mol. The lowest BCUT2D eigenvalue weighted by Gasteiger charge is -2.23. The Bertz CT molecular complexity index is 1340. The van der Waals surface area contributed by atoms with Crippen molar-refractivity contribution >= 4 is 16.8 Å². The quantitative estimate of drug-likeness (QED) is 0.438. The largest absolute Gasteiger partial charge is 0.497 e. The first-order valence-electron chi connectivity index (χ1n) is 11.0. The van der Waals surface area contributed by atoms with Crippen molar-refractivity contribution in [2.75, 3.05) is 13.7 Å². The van der Waals surface area contributed by atoms with Gasteiger partial charge in [-0.3, -0.25) is 9.59 Å². The summed E-state index contributed by atoms with van der Waals surface area (Å²) in [7, 11) is 1.60. The highest BCUT2D eigenvalue weighted by Crippen LogP contribution is 2.18. The summed E-state index contributed by atoms with van der Waals surface area (Å²) in [5.41, 5.74) is 5.15. The van der Waals surface area contributed by atoms with Gasteiger partial charge in [-0.05, 0) is 67.1 Å². The van der Waals surface area contributed by atoms with Crippen LogP contribution in [-0.2, 0) is 13.0 Å². The number of rotatable bonds is 7. The first-order chi connectivity index (χ1) is 15.9. The number of hydrogen-bond donors (Lipinski definition) is 1. The van der Waals surface area contributed by atoms with E-state index in [1.165, 1.54) is 5.56 Å². The molecule has 0 aliphatic heterocycles. The van der Waals surface area contributed by atoms with Crippen LogP contribution in [-0.4, -0.2) is 29.4 Å². The van der Waals surface area contributed by atoms with Crippen LogP contribution in [0.5, 0.6) is 5.75 Å². The second kappa shape index (κ2) is 9.74. The van der Waals surface area contributed by atoms with Crippen LogP contribution in [0.25, 0.3) is 10.9 Å². The fourth-order valence-electron chi connectivity index (χ4n) is 4.05. The monoisotopic (exact) mass is 440 g/mol. The number of para-hydroxylation sites is 1. The van der Waals surface area contributed by atoms with Gasteiger partial charge in [-0.15, -0.1) is 0 Å². The number of nitrogens with zero attached hydrogens (tertiary/aromatic N) is 1. The molecule has 1 amide bonds. The van der Waals surface area contributed by atoms with Crippen LogP contribution in [0.1, 0.15) is 32.6 Å². The highest BCUT2D eigenvalue weighted by molar-refractivity contribution is 5.94. The minimum absolute atomic E-state index is 0.117. The lowest BCUT2D eigenvalue weighted by Crippen LogP contribution is -2.34. The lowest BCUT2D eigenvalue weighted by molar-refractivity contribution is 0.0744. The van der Waals surface area contributed by atoms with E-state index in [-0.39, 0.29) is 18.0 Å². The van der Waals surface area contributed by atoms with Crippen molar-refractivity contribution in [1.29, 1.82) is 0 Å². The third-order valence-corrected chi connectivity index (χ3v) is 5.90. The van der Waals surface area contributed by atoms with E-state index in [0.29, 0.717) is 29.8 Å². The second-order valence-electron chi connectivity index (χ2n) is 8.36. The third-order valence-electron chi connectivity index (χ3n) is 5.90. The van der Waals surface area contributed by atoms with E-state index in [9.17, 15) is 9.59 Å². The number of hydrogen-bond acceptors (Lipinski definition) is 3. The minimum Gasteiger partial charge on any atom is -0.497 e. The molecule has 33 heavy (non-hydrogen) atoms. The number of ether oxygens (including phenoxy) is 1. The molecule has 4 rings (SSSR count). The molecule has 0 aliphatic carbocycles. The highest BCUT2D eigenvalue weighted by Gasteiger charge is 2.18. The molecule has 0 spiro atoms. The predicted molar refractivity (Wildman–Crippen MR) is 132 cm³/mol. The van der Waals surface area contributed by atoms with E-state index in [2.05, 4.69) is 30.1 Å². The van der Waals surface area contributed by atoms with E-state index >= 15 is 0 Å². The summed E-state index contributed by atoms with van der Waals surface area (Å²) in [6, 6.07) is 23.1. The van der Waals surface area contributed by atoms with Crippen molar-refractivity contribution in [3.8, 4) is 5.75 Å². The van der Waals surface area contributed by atoms with Gasteiger partial charge in [0.05, 0.1) is 19.2 Å². The molecule has 0 bridgehead atoms. The number of H-pyrrole nitrogens is 1. The molecule has 0 aliphatic rings. The summed E-state index contributed by atoms with van der Waals surface area (Å²) < 4.78 is 5.22. The summed E-state index contributed by atoms with van der Waals surface area (Å²) in [6.07, 6.45) is 0.703. The summed E-state index contributed by atoms with van der Waals surface area (Å²) >= 11 is 0. The van der Waals surface area contributed by atoms with Crippen LogP contribution in [0.4, 0.5) is 0 Å². The average Bonchev–Trinajstić information content (AvgIpc) is 2.82. The summed E-state index contributed by atoms with van der Waals surface area (Å²) in [5, 5.41) is 0.958. The molecule has 1 N–H and O–H groups in total. The maximum atomic E-state index is 13.4. The molecule has 1 heterocycles. The standard InChI is InChI=1S/C28H28N2O3/c1-19-6-4-8-21(16-19)14-15-30(28(32)22-10-12-25(33-3)13-11-22)18-24-17-23-9-5-7-20(2)26(23)29-27(24)31/h4-13,16-17H,14-15,18H2,1-3H3,(H,29,31). The number of benzene rings is 3. The Kier molecular flexibility index (Phi) is 6.59. The molecule has 4 aromatic rings. The van der Waals surface area contributed by atoms with Gasteiger partial charge >= 0.3 is 0 Å². The van der Waals surface area contributed by atoms with Crippen LogP contribution >= 0.6 is 0 Å². The molecule has 0 atom stereocenters. The fourth-order valence-corrected chi connectivity index (χ4v) is 4.05. The van der Waals surface area contributed by atoms with Gasteiger partial charge in [-0.25, -0.2) is 0 Å². The van der Waals surface area contributed by atoms with Crippen molar-refractivity contribution in [3.63, 3.8) is 0 Å². The number of amides is 1. The van der Waals surface area contributed by atoms with Gasteiger partial charge in [-0.2, -0.15) is 0 Å². The number of nitrogens with one attached hydrogen (secondary N) is 1. The SMILES string of the molecule is COc1ccc(C(=O)N(CCc2cccc(C)c2)Cc2cc3cccc(C)c3[nH]c2=O)cc1. The maximum absolute atomic E-state index is 13.4. The van der Waals surface area contributed by atoms with E-state index in [0.717, 1.165) is 22.0 Å². The van der Waals surface area contributed by atoms with Gasteiger partial charge in [0.25, 0.3) is 11.5 Å². The molecule has 0 unspecified atom stereocenters. The molecule has 168 valence electrons. The maximum Gasteiger partial charge on any atom is 0.254 e. The molecule has 1 aromatic heterocycles. The fraction of sp³-hybridized carbons (Fsp3) is 0.214. The van der Waals surface area contributed by atoms with Gasteiger partial charge in [0, 0.05) is 17.7 Å². The Balaban J connectivity index is 1.65. The molecular formula is C28H28N2O3. The van der Waals surface area contributed by atoms with E-state index < -0.39 is 0 Å². The van der Waals surface area contributed by atoms with Crippen molar-refractivity contribution in [2.45, 2.75) is 26.8 Å². The second-order valence-corrected chi connectivity index (χ2v) is 8.36. The van der Waals surface area contributed by atoms with Crippen LogP contribution in [0.2, 0.25) is 0 Å². The molecule has 3 aromatic carbocycles. The number of methoxy groups -OCH3 is 1. The number of aromatic amines is 1. The smallest absolute Gasteiger partial charge is 0.254 e. The Labute approximate surface area is 193 Å². The normalized spacial score (nSPS) is 10.9. The Morgan fingerprint density at radius 2 is 1.73 bits per heavy atom. The number of carbonyl (C=O) groups excluding carboxylic acids is 1. The van der Waals surface area contributed by atoms with Gasteiger partial charge in [0.2, 0.25) is 0 Å². The van der Waals surface area contributed by atoms with Crippen LogP contribution in [0.15, 0.2) is 77.6 Å². The Morgan fingerprint density at radius 1 is 0.970 bits per heavy atom. The van der Waals surface area contributed by atoms with Crippen molar-refractivity contribution in [3.05, 3.63) is 111 Å². The highest BCUT2D eigenvalue weighted by atomic mass is 16.5. The zero-order chi connectivity index (χ0) is 23.4. The van der Waals surface area contributed by atoms with Gasteiger partial charge in [-0.1, -0.05) is 48.0 Å². The zero-order valence-electron chi connectivity index (χ0n) is 19.2. The molecule has 0 saturated carbocycles. The number of aromatic nitrogens is 1. The van der Waals surface area contributed by atoms with Crippen molar-refractivity contribution < 1.29 is 9.53 Å². The van der Waals surface area contributed by atoms with E-state index in [4.69, 9.17) is 4.74 Å². The minimum atomic E-state index is -0.167. The first kappa shape index (κ1) is 22.3.